The number of piperidine rings is 1. The number of aliphatic hydroxyl groups is 1. The molecule has 0 bridgehead atoms. The summed E-state index contributed by atoms with van der Waals surface area (Å²) in [5.41, 5.74) is 1.08. The Kier molecular flexibility index (Phi) is 5.05. The Morgan fingerprint density at radius 2 is 2.00 bits per heavy atom. The summed E-state index contributed by atoms with van der Waals surface area (Å²) in [6.45, 7) is 2.21. The number of aliphatic hydroxyl groups excluding tert-OH is 1. The molecule has 0 aromatic heterocycles. The second-order valence-corrected chi connectivity index (χ2v) is 4.98. The van der Waals surface area contributed by atoms with E-state index in [0.717, 1.165) is 43.0 Å². The van der Waals surface area contributed by atoms with E-state index in [1.807, 2.05) is 18.2 Å². The largest absolute Gasteiger partial charge is 0.497 e. The highest BCUT2D eigenvalue weighted by Crippen LogP contribution is 2.37. The molecule has 1 heterocycles. The molecule has 0 aliphatic carbocycles. The van der Waals surface area contributed by atoms with Gasteiger partial charge in [-0.1, -0.05) is 6.07 Å². The molecule has 2 N–H and O–H groups in total. The zero-order chi connectivity index (χ0) is 13.7. The van der Waals surface area contributed by atoms with Crippen LogP contribution in [0.5, 0.6) is 11.5 Å². The van der Waals surface area contributed by atoms with Crippen LogP contribution in [0, 0.1) is 5.92 Å². The van der Waals surface area contributed by atoms with Crippen molar-refractivity contribution in [3.8, 4) is 11.5 Å². The van der Waals surface area contributed by atoms with Gasteiger partial charge in [-0.15, -0.1) is 0 Å². The molecule has 0 radical (unpaired) electrons. The fraction of sp³-hybridized carbons (Fsp3) is 0.600. The molecular formula is C15H23NO3. The monoisotopic (exact) mass is 265 g/mol. The third-order valence-corrected chi connectivity index (χ3v) is 3.99. The lowest BCUT2D eigenvalue weighted by Crippen LogP contribution is -2.32. The van der Waals surface area contributed by atoms with E-state index in [1.165, 1.54) is 0 Å². The lowest BCUT2D eigenvalue weighted by molar-refractivity contribution is 0.198. The van der Waals surface area contributed by atoms with Gasteiger partial charge in [0.15, 0.2) is 0 Å². The molecule has 0 spiro atoms. The van der Waals surface area contributed by atoms with Crippen LogP contribution in [0.2, 0.25) is 0 Å². The maximum Gasteiger partial charge on any atom is 0.126 e. The summed E-state index contributed by atoms with van der Waals surface area (Å²) in [5, 5.41) is 13.1. The normalized spacial score (nSPS) is 18.1. The summed E-state index contributed by atoms with van der Waals surface area (Å²) in [5.74, 6) is 2.23. The zero-order valence-electron chi connectivity index (χ0n) is 11.7. The van der Waals surface area contributed by atoms with Crippen LogP contribution in [0.4, 0.5) is 0 Å². The number of nitrogens with one attached hydrogen (secondary N) is 1. The Bertz CT molecular complexity index is 402. The van der Waals surface area contributed by atoms with Gasteiger partial charge in [0.25, 0.3) is 0 Å². The first kappa shape index (κ1) is 14.2. The van der Waals surface area contributed by atoms with Crippen molar-refractivity contribution in [2.75, 3.05) is 33.9 Å². The minimum absolute atomic E-state index is 0.142. The van der Waals surface area contributed by atoms with E-state index < -0.39 is 0 Å². The molecule has 1 unspecified atom stereocenters. The van der Waals surface area contributed by atoms with Crippen molar-refractivity contribution in [2.45, 2.75) is 18.8 Å². The van der Waals surface area contributed by atoms with E-state index in [4.69, 9.17) is 9.47 Å². The van der Waals surface area contributed by atoms with Crippen molar-refractivity contribution in [1.82, 2.24) is 5.32 Å². The summed E-state index contributed by atoms with van der Waals surface area (Å²) in [6, 6.07) is 5.83. The Morgan fingerprint density at radius 3 is 2.58 bits per heavy atom. The van der Waals surface area contributed by atoms with E-state index >= 15 is 0 Å². The standard InChI is InChI=1S/C15H23NO3/c1-18-12-3-4-13(15(9-12)19-2)14(10-17)11-5-7-16-8-6-11/h3-4,9,11,14,16-17H,5-8,10H2,1-2H3. The van der Waals surface area contributed by atoms with Gasteiger partial charge in [-0.05, 0) is 37.9 Å². The van der Waals surface area contributed by atoms with E-state index in [-0.39, 0.29) is 12.5 Å². The lowest BCUT2D eigenvalue weighted by Gasteiger charge is -2.30. The number of hydrogen-bond acceptors (Lipinski definition) is 4. The van der Waals surface area contributed by atoms with E-state index in [2.05, 4.69) is 5.32 Å². The Morgan fingerprint density at radius 1 is 1.26 bits per heavy atom. The minimum Gasteiger partial charge on any atom is -0.497 e. The van der Waals surface area contributed by atoms with Gasteiger partial charge in [0, 0.05) is 17.5 Å². The van der Waals surface area contributed by atoms with E-state index in [1.54, 1.807) is 14.2 Å². The molecule has 1 aromatic carbocycles. The Hall–Kier alpha value is -1.26. The molecule has 1 aromatic rings. The Balaban J connectivity index is 2.26. The molecule has 0 saturated carbocycles. The highest BCUT2D eigenvalue weighted by atomic mass is 16.5. The molecule has 4 heteroatoms. The van der Waals surface area contributed by atoms with Crippen molar-refractivity contribution < 1.29 is 14.6 Å². The quantitative estimate of drug-likeness (QED) is 0.852. The first-order valence-corrected chi connectivity index (χ1v) is 6.83. The molecule has 1 aliphatic rings. The number of rotatable bonds is 5. The maximum absolute atomic E-state index is 9.77. The van der Waals surface area contributed by atoms with Crippen LogP contribution in [0.3, 0.4) is 0 Å². The molecule has 4 nitrogen and oxygen atoms in total. The third-order valence-electron chi connectivity index (χ3n) is 3.99. The van der Waals surface area contributed by atoms with Gasteiger partial charge in [-0.3, -0.25) is 0 Å². The van der Waals surface area contributed by atoms with Gasteiger partial charge in [0.1, 0.15) is 11.5 Å². The number of methoxy groups -OCH3 is 2. The van der Waals surface area contributed by atoms with Crippen molar-refractivity contribution in [1.29, 1.82) is 0 Å². The summed E-state index contributed by atoms with van der Waals surface area (Å²) < 4.78 is 10.7. The number of benzene rings is 1. The molecular weight excluding hydrogens is 242 g/mol. The summed E-state index contributed by atoms with van der Waals surface area (Å²) in [4.78, 5) is 0. The number of ether oxygens (including phenoxy) is 2. The summed E-state index contributed by atoms with van der Waals surface area (Å²) >= 11 is 0. The fourth-order valence-electron chi connectivity index (χ4n) is 2.87. The fourth-order valence-corrected chi connectivity index (χ4v) is 2.87. The van der Waals surface area contributed by atoms with Crippen LogP contribution in [0.15, 0.2) is 18.2 Å². The van der Waals surface area contributed by atoms with E-state index in [0.29, 0.717) is 5.92 Å². The van der Waals surface area contributed by atoms with Crippen LogP contribution in [0.1, 0.15) is 24.3 Å². The minimum atomic E-state index is 0.142. The average molecular weight is 265 g/mol. The van der Waals surface area contributed by atoms with Gasteiger partial charge < -0.3 is 19.9 Å². The average Bonchev–Trinajstić information content (AvgIpc) is 2.49. The van der Waals surface area contributed by atoms with Crippen LogP contribution < -0.4 is 14.8 Å². The molecule has 1 atom stereocenters. The molecule has 1 aliphatic heterocycles. The van der Waals surface area contributed by atoms with Crippen molar-refractivity contribution in [3.63, 3.8) is 0 Å². The van der Waals surface area contributed by atoms with Gasteiger partial charge >= 0.3 is 0 Å². The van der Waals surface area contributed by atoms with Gasteiger partial charge in [-0.2, -0.15) is 0 Å². The SMILES string of the molecule is COc1ccc(C(CO)C2CCNCC2)c(OC)c1. The second-order valence-electron chi connectivity index (χ2n) is 4.98. The topological polar surface area (TPSA) is 50.7 Å². The second kappa shape index (κ2) is 6.78. The molecule has 19 heavy (non-hydrogen) atoms. The van der Waals surface area contributed by atoms with Crippen LogP contribution in [-0.2, 0) is 0 Å². The third kappa shape index (κ3) is 3.19. The highest BCUT2D eigenvalue weighted by molar-refractivity contribution is 5.43. The Labute approximate surface area is 114 Å². The first-order valence-electron chi connectivity index (χ1n) is 6.83. The van der Waals surface area contributed by atoms with Crippen molar-refractivity contribution in [2.24, 2.45) is 5.92 Å². The van der Waals surface area contributed by atoms with Gasteiger partial charge in [0.2, 0.25) is 0 Å². The highest BCUT2D eigenvalue weighted by Gasteiger charge is 2.26. The molecule has 0 amide bonds. The van der Waals surface area contributed by atoms with E-state index in [9.17, 15) is 5.11 Å². The van der Waals surface area contributed by atoms with Crippen LogP contribution in [-0.4, -0.2) is 39.0 Å². The van der Waals surface area contributed by atoms with Crippen LogP contribution in [0.25, 0.3) is 0 Å². The van der Waals surface area contributed by atoms with Gasteiger partial charge in [-0.25, -0.2) is 0 Å². The predicted molar refractivity (Wildman–Crippen MR) is 75.0 cm³/mol. The van der Waals surface area contributed by atoms with Crippen molar-refractivity contribution in [3.05, 3.63) is 23.8 Å². The maximum atomic E-state index is 9.77. The van der Waals surface area contributed by atoms with Crippen LogP contribution >= 0.6 is 0 Å². The van der Waals surface area contributed by atoms with Gasteiger partial charge in [0.05, 0.1) is 20.8 Å². The molecule has 106 valence electrons. The molecule has 1 saturated heterocycles. The predicted octanol–water partition coefficient (Wildman–Crippen LogP) is 1.78. The zero-order valence-corrected chi connectivity index (χ0v) is 11.7. The summed E-state index contributed by atoms with van der Waals surface area (Å²) in [6.07, 6.45) is 2.20. The smallest absolute Gasteiger partial charge is 0.126 e. The summed E-state index contributed by atoms with van der Waals surface area (Å²) in [7, 11) is 3.31. The first-order chi connectivity index (χ1) is 9.30. The number of hydrogen-bond donors (Lipinski definition) is 2. The molecule has 1 fully saturated rings. The lowest BCUT2D eigenvalue weighted by atomic mass is 9.80. The molecule has 2 rings (SSSR count). The van der Waals surface area contributed by atoms with Crippen molar-refractivity contribution >= 4 is 0 Å².